The highest BCUT2D eigenvalue weighted by Crippen LogP contribution is 2.35. The molecule has 0 saturated heterocycles. The van der Waals surface area contributed by atoms with Gasteiger partial charge in [-0.1, -0.05) is 25.1 Å². The molecule has 236 valence electrons. The number of rotatable bonds is 10. The first-order valence-electron chi connectivity index (χ1n) is 14.3. The number of nitrogens with one attached hydrogen (secondary N) is 2. The van der Waals surface area contributed by atoms with Crippen LogP contribution in [0.15, 0.2) is 71.7 Å². The van der Waals surface area contributed by atoms with Crippen LogP contribution in [0.5, 0.6) is 11.5 Å². The van der Waals surface area contributed by atoms with Gasteiger partial charge in [0, 0.05) is 24.0 Å². The van der Waals surface area contributed by atoms with E-state index in [0.29, 0.717) is 38.5 Å². The molecule has 10 nitrogen and oxygen atoms in total. The number of nitrogens with zero attached hydrogens (tertiary/aromatic N) is 3. The fourth-order valence-corrected chi connectivity index (χ4v) is 5.47. The number of carbonyl (C=O) groups excluding carboxylic acids is 2. The van der Waals surface area contributed by atoms with E-state index in [1.807, 2.05) is 7.05 Å². The number of amides is 1. The van der Waals surface area contributed by atoms with Gasteiger partial charge in [-0.25, -0.2) is 9.07 Å². The number of aliphatic hydroxyl groups is 1. The van der Waals surface area contributed by atoms with Gasteiger partial charge in [0.25, 0.3) is 11.5 Å². The van der Waals surface area contributed by atoms with Gasteiger partial charge in [0.05, 0.1) is 38.6 Å². The first-order chi connectivity index (χ1) is 21.5. The minimum Gasteiger partial charge on any atom is -0.453 e. The molecule has 12 heteroatoms. The molecule has 0 aliphatic rings. The van der Waals surface area contributed by atoms with Crippen molar-refractivity contribution in [1.82, 2.24) is 19.7 Å². The van der Waals surface area contributed by atoms with Crippen LogP contribution in [0.1, 0.15) is 52.9 Å². The second-order valence-electron chi connectivity index (χ2n) is 10.9. The van der Waals surface area contributed by atoms with Crippen molar-refractivity contribution in [2.45, 2.75) is 46.3 Å². The molecule has 0 bridgehead atoms. The van der Waals surface area contributed by atoms with Crippen molar-refractivity contribution in [2.24, 2.45) is 0 Å². The molecular weight excluding hydrogens is 597 g/mol. The molecule has 5 aromatic rings. The van der Waals surface area contributed by atoms with Crippen LogP contribution >= 0.6 is 11.3 Å². The maximum Gasteiger partial charge on any atom is 0.284 e. The number of para-hydroxylation sites is 1. The minimum absolute atomic E-state index is 0.0533. The number of thiophene rings is 1. The molecule has 45 heavy (non-hydrogen) atoms. The van der Waals surface area contributed by atoms with Crippen molar-refractivity contribution in [3.8, 4) is 17.2 Å². The number of hydrogen-bond donors (Lipinski definition) is 3. The van der Waals surface area contributed by atoms with Crippen molar-refractivity contribution >= 4 is 39.4 Å². The number of aromatic nitrogens is 3. The number of benzene rings is 2. The average Bonchev–Trinajstić information content (AvgIpc) is 3.53. The molecule has 0 fully saturated rings. The van der Waals surface area contributed by atoms with E-state index in [2.05, 4.69) is 22.5 Å². The fraction of sp³-hybridized carbons (Fsp3) is 0.273. The second kappa shape index (κ2) is 14.4. The van der Waals surface area contributed by atoms with Crippen LogP contribution in [0.4, 0.5) is 10.1 Å². The van der Waals surface area contributed by atoms with Crippen LogP contribution in [0.25, 0.3) is 15.9 Å². The predicted octanol–water partition coefficient (Wildman–Crippen LogP) is 5.94. The number of fused-ring (bicyclic) bond motifs is 1. The van der Waals surface area contributed by atoms with E-state index in [1.54, 1.807) is 67.9 Å². The summed E-state index contributed by atoms with van der Waals surface area (Å²) in [6.07, 6.45) is 3.44. The molecule has 0 aliphatic heterocycles. The van der Waals surface area contributed by atoms with Crippen LogP contribution in [0.2, 0.25) is 0 Å². The molecule has 0 aliphatic carbocycles. The van der Waals surface area contributed by atoms with Crippen molar-refractivity contribution in [2.75, 3.05) is 18.9 Å². The summed E-state index contributed by atoms with van der Waals surface area (Å²) in [6, 6.07) is 15.9. The highest BCUT2D eigenvalue weighted by Gasteiger charge is 2.27. The third-order valence-corrected chi connectivity index (χ3v) is 7.65. The molecule has 3 heterocycles. The SMILES string of the molecule is CCCNC.Cc1c(C(=O)Nc2ccc(Oc3ccnc4cc(C=O)sc34)c(F)c2)c(=O)n(-c2ccccc2)n1CC(C)(C)O. The van der Waals surface area contributed by atoms with Crippen molar-refractivity contribution < 1.29 is 23.8 Å². The maximum atomic E-state index is 15.1. The summed E-state index contributed by atoms with van der Waals surface area (Å²) in [7, 11) is 1.96. The Bertz CT molecular complexity index is 1860. The molecule has 0 unspecified atom stereocenters. The quantitative estimate of drug-likeness (QED) is 0.163. The summed E-state index contributed by atoms with van der Waals surface area (Å²) in [4.78, 5) is 42.6. The Balaban J connectivity index is 0.000000854. The van der Waals surface area contributed by atoms with E-state index in [-0.39, 0.29) is 23.5 Å². The number of hydrogen-bond acceptors (Lipinski definition) is 8. The standard InChI is InChI=1S/C29H25FN4O5S.C4H11N/c1-17-25(28(37)34(19-7-5-4-6-8-19)33(17)16-29(2,3)38)27(36)32-18-9-10-23(21(30)13-18)39-24-11-12-31-22-14-20(15-35)40-26(22)24;1-3-4-5-2/h4-15,38H,16H2,1-3H3,(H,32,36);5H,3-4H2,1-2H3. The number of pyridine rings is 1. The molecular formula is C33H36FN5O5S. The average molecular weight is 634 g/mol. The van der Waals surface area contributed by atoms with Crippen molar-refractivity contribution in [3.63, 3.8) is 0 Å². The van der Waals surface area contributed by atoms with Crippen molar-refractivity contribution in [1.29, 1.82) is 0 Å². The summed E-state index contributed by atoms with van der Waals surface area (Å²) in [5, 5.41) is 16.1. The Hall–Kier alpha value is -4.65. The Morgan fingerprint density at radius 3 is 2.47 bits per heavy atom. The van der Waals surface area contributed by atoms with Crippen LogP contribution in [-0.4, -0.2) is 50.8 Å². The Morgan fingerprint density at radius 2 is 1.87 bits per heavy atom. The van der Waals surface area contributed by atoms with Gasteiger partial charge in [-0.15, -0.1) is 11.3 Å². The molecule has 0 spiro atoms. The lowest BCUT2D eigenvalue weighted by Gasteiger charge is -2.22. The van der Waals surface area contributed by atoms with E-state index < -0.39 is 22.9 Å². The third kappa shape index (κ3) is 7.90. The van der Waals surface area contributed by atoms with Gasteiger partial charge in [-0.3, -0.25) is 24.0 Å². The van der Waals surface area contributed by atoms with Gasteiger partial charge < -0.3 is 20.5 Å². The minimum atomic E-state index is -1.17. The van der Waals surface area contributed by atoms with E-state index >= 15 is 4.39 Å². The number of anilines is 1. The first-order valence-corrected chi connectivity index (χ1v) is 15.2. The lowest BCUT2D eigenvalue weighted by Crippen LogP contribution is -2.32. The number of aldehydes is 1. The molecule has 3 aromatic heterocycles. The van der Waals surface area contributed by atoms with Gasteiger partial charge in [0.1, 0.15) is 11.3 Å². The van der Waals surface area contributed by atoms with E-state index in [9.17, 15) is 19.5 Å². The van der Waals surface area contributed by atoms with Gasteiger partial charge in [-0.2, -0.15) is 0 Å². The van der Waals surface area contributed by atoms with Crippen LogP contribution < -0.4 is 20.9 Å². The predicted molar refractivity (Wildman–Crippen MR) is 175 cm³/mol. The monoisotopic (exact) mass is 633 g/mol. The van der Waals surface area contributed by atoms with Crippen LogP contribution in [0.3, 0.4) is 0 Å². The zero-order valence-electron chi connectivity index (χ0n) is 25.8. The first kappa shape index (κ1) is 33.2. The summed E-state index contributed by atoms with van der Waals surface area (Å²) in [5.74, 6) is -1.21. The van der Waals surface area contributed by atoms with E-state index in [0.717, 1.165) is 12.6 Å². The normalized spacial score (nSPS) is 11.2. The van der Waals surface area contributed by atoms with Crippen molar-refractivity contribution in [3.05, 3.63) is 99.2 Å². The molecule has 0 radical (unpaired) electrons. The Kier molecular flexibility index (Phi) is 10.7. The summed E-state index contributed by atoms with van der Waals surface area (Å²) >= 11 is 1.18. The topological polar surface area (TPSA) is 127 Å². The fourth-order valence-electron chi connectivity index (χ4n) is 4.59. The molecule has 5 rings (SSSR count). The number of carbonyl (C=O) groups is 2. The molecule has 2 aromatic carbocycles. The Labute approximate surface area is 264 Å². The lowest BCUT2D eigenvalue weighted by atomic mass is 10.1. The maximum absolute atomic E-state index is 15.1. The van der Waals surface area contributed by atoms with Gasteiger partial charge in [-0.05, 0) is 71.1 Å². The second-order valence-corrected chi connectivity index (χ2v) is 12.0. The highest BCUT2D eigenvalue weighted by molar-refractivity contribution is 7.20. The van der Waals surface area contributed by atoms with E-state index in [4.69, 9.17) is 4.74 Å². The van der Waals surface area contributed by atoms with Gasteiger partial charge in [0.2, 0.25) is 0 Å². The number of ether oxygens (including phenoxy) is 1. The van der Waals surface area contributed by atoms with Crippen LogP contribution in [0, 0.1) is 12.7 Å². The largest absolute Gasteiger partial charge is 0.453 e. The van der Waals surface area contributed by atoms with E-state index in [1.165, 1.54) is 40.8 Å². The zero-order chi connectivity index (χ0) is 32.7. The van der Waals surface area contributed by atoms with Crippen LogP contribution in [-0.2, 0) is 6.54 Å². The number of halogens is 1. The summed E-state index contributed by atoms with van der Waals surface area (Å²) in [5.41, 5.74) is -0.312. The molecule has 3 N–H and O–H groups in total. The van der Waals surface area contributed by atoms with Gasteiger partial charge in [0.15, 0.2) is 17.9 Å². The lowest BCUT2D eigenvalue weighted by molar-refractivity contribution is 0.0546. The molecule has 0 saturated carbocycles. The summed E-state index contributed by atoms with van der Waals surface area (Å²) < 4.78 is 24.3. The molecule has 1 amide bonds. The highest BCUT2D eigenvalue weighted by atomic mass is 32.1. The zero-order valence-corrected chi connectivity index (χ0v) is 26.6. The van der Waals surface area contributed by atoms with Gasteiger partial charge >= 0.3 is 0 Å². The molecule has 0 atom stereocenters. The smallest absolute Gasteiger partial charge is 0.284 e. The summed E-state index contributed by atoms with van der Waals surface area (Å²) in [6.45, 7) is 8.17. The third-order valence-electron chi connectivity index (χ3n) is 6.58. The Morgan fingerprint density at radius 1 is 1.13 bits per heavy atom.